The van der Waals surface area contributed by atoms with Crippen LogP contribution < -0.4 is 5.32 Å². The van der Waals surface area contributed by atoms with E-state index in [0.717, 1.165) is 18.8 Å². The highest BCUT2D eigenvalue weighted by molar-refractivity contribution is 5.79. The van der Waals surface area contributed by atoms with Crippen molar-refractivity contribution < 1.29 is 4.79 Å². The maximum atomic E-state index is 12.2. The average Bonchev–Trinajstić information content (AvgIpc) is 2.40. The molecule has 2 heteroatoms. The topological polar surface area (TPSA) is 29.1 Å². The van der Waals surface area contributed by atoms with Crippen molar-refractivity contribution in [3.63, 3.8) is 0 Å². The summed E-state index contributed by atoms with van der Waals surface area (Å²) >= 11 is 0. The fourth-order valence-electron chi connectivity index (χ4n) is 2.68. The van der Waals surface area contributed by atoms with Crippen molar-refractivity contribution in [1.82, 2.24) is 5.32 Å². The number of amides is 1. The third kappa shape index (κ3) is 3.34. The molecule has 1 amide bonds. The molecule has 2 rings (SSSR count). The molecule has 0 spiro atoms. The SMILES string of the molecule is CC1CCC(C(=O)NC(C)c2ccccc2)CC1. The van der Waals surface area contributed by atoms with Gasteiger partial charge in [0.2, 0.25) is 5.91 Å². The Morgan fingerprint density at radius 2 is 1.78 bits per heavy atom. The second kappa shape index (κ2) is 6.03. The molecule has 1 fully saturated rings. The number of carbonyl (C=O) groups is 1. The van der Waals surface area contributed by atoms with E-state index in [1.54, 1.807) is 0 Å². The van der Waals surface area contributed by atoms with Crippen LogP contribution in [0.25, 0.3) is 0 Å². The fraction of sp³-hybridized carbons (Fsp3) is 0.562. The Morgan fingerprint density at radius 1 is 1.17 bits per heavy atom. The molecule has 0 bridgehead atoms. The van der Waals surface area contributed by atoms with Crippen LogP contribution in [-0.4, -0.2) is 5.91 Å². The van der Waals surface area contributed by atoms with Crippen molar-refractivity contribution in [1.29, 1.82) is 0 Å². The summed E-state index contributed by atoms with van der Waals surface area (Å²) < 4.78 is 0. The van der Waals surface area contributed by atoms with Gasteiger partial charge in [0, 0.05) is 5.92 Å². The van der Waals surface area contributed by atoms with Crippen LogP contribution in [0.1, 0.15) is 51.1 Å². The Kier molecular flexibility index (Phi) is 4.40. The first-order valence-corrected chi connectivity index (χ1v) is 7.02. The van der Waals surface area contributed by atoms with E-state index in [1.165, 1.54) is 18.4 Å². The Balaban J connectivity index is 1.87. The lowest BCUT2D eigenvalue weighted by Crippen LogP contribution is -2.34. The van der Waals surface area contributed by atoms with Gasteiger partial charge in [-0.2, -0.15) is 0 Å². The molecule has 1 unspecified atom stereocenters. The smallest absolute Gasteiger partial charge is 0.223 e. The molecular formula is C16H23NO. The fourth-order valence-corrected chi connectivity index (χ4v) is 2.68. The molecule has 1 aliphatic rings. The highest BCUT2D eigenvalue weighted by Gasteiger charge is 2.25. The lowest BCUT2D eigenvalue weighted by Gasteiger charge is -2.26. The van der Waals surface area contributed by atoms with E-state index in [0.29, 0.717) is 0 Å². The van der Waals surface area contributed by atoms with Gasteiger partial charge in [-0.3, -0.25) is 4.79 Å². The molecule has 0 aliphatic heterocycles. The van der Waals surface area contributed by atoms with Crippen molar-refractivity contribution in [3.05, 3.63) is 35.9 Å². The minimum Gasteiger partial charge on any atom is -0.349 e. The van der Waals surface area contributed by atoms with Crippen molar-refractivity contribution in [3.8, 4) is 0 Å². The normalized spacial score (nSPS) is 25.4. The molecule has 1 atom stereocenters. The van der Waals surface area contributed by atoms with Crippen molar-refractivity contribution in [2.45, 2.75) is 45.6 Å². The average molecular weight is 245 g/mol. The van der Waals surface area contributed by atoms with Crippen LogP contribution in [0.4, 0.5) is 0 Å². The van der Waals surface area contributed by atoms with Gasteiger partial charge in [-0.1, -0.05) is 37.3 Å². The predicted molar refractivity (Wildman–Crippen MR) is 74.1 cm³/mol. The van der Waals surface area contributed by atoms with E-state index in [2.05, 4.69) is 31.3 Å². The number of nitrogens with one attached hydrogen (secondary N) is 1. The Bertz CT molecular complexity index is 379. The molecule has 1 N–H and O–H groups in total. The number of hydrogen-bond donors (Lipinski definition) is 1. The van der Waals surface area contributed by atoms with Crippen LogP contribution >= 0.6 is 0 Å². The van der Waals surface area contributed by atoms with E-state index in [9.17, 15) is 4.79 Å². The Hall–Kier alpha value is -1.31. The van der Waals surface area contributed by atoms with Crippen molar-refractivity contribution >= 4 is 5.91 Å². The van der Waals surface area contributed by atoms with Gasteiger partial charge < -0.3 is 5.32 Å². The van der Waals surface area contributed by atoms with Gasteiger partial charge in [0.15, 0.2) is 0 Å². The first-order valence-electron chi connectivity index (χ1n) is 7.02. The maximum absolute atomic E-state index is 12.2. The summed E-state index contributed by atoms with van der Waals surface area (Å²) in [5.74, 6) is 1.26. The summed E-state index contributed by atoms with van der Waals surface area (Å²) in [4.78, 5) is 12.2. The summed E-state index contributed by atoms with van der Waals surface area (Å²) in [5.41, 5.74) is 1.18. The van der Waals surface area contributed by atoms with Gasteiger partial charge in [-0.05, 0) is 44.1 Å². The zero-order valence-corrected chi connectivity index (χ0v) is 11.4. The van der Waals surface area contributed by atoms with Gasteiger partial charge in [0.05, 0.1) is 6.04 Å². The number of carbonyl (C=O) groups excluding carboxylic acids is 1. The second-order valence-corrected chi connectivity index (χ2v) is 5.60. The lowest BCUT2D eigenvalue weighted by molar-refractivity contribution is -0.126. The standard InChI is InChI=1S/C16H23NO/c1-12-8-10-15(11-9-12)16(18)17-13(2)14-6-4-3-5-7-14/h3-7,12-13,15H,8-11H2,1-2H3,(H,17,18). The number of hydrogen-bond acceptors (Lipinski definition) is 1. The summed E-state index contributed by atoms with van der Waals surface area (Å²) in [5, 5.41) is 3.14. The minimum absolute atomic E-state index is 0.109. The van der Waals surface area contributed by atoms with E-state index in [4.69, 9.17) is 0 Å². The molecule has 0 heterocycles. The molecule has 1 aliphatic carbocycles. The Labute approximate surface area is 110 Å². The second-order valence-electron chi connectivity index (χ2n) is 5.60. The molecule has 1 aromatic carbocycles. The molecule has 0 radical (unpaired) electrons. The largest absolute Gasteiger partial charge is 0.349 e. The quantitative estimate of drug-likeness (QED) is 0.864. The highest BCUT2D eigenvalue weighted by Crippen LogP contribution is 2.28. The molecule has 0 aromatic heterocycles. The predicted octanol–water partition coefficient (Wildman–Crippen LogP) is 3.69. The third-order valence-corrected chi connectivity index (χ3v) is 4.04. The zero-order chi connectivity index (χ0) is 13.0. The first kappa shape index (κ1) is 13.1. The van der Waals surface area contributed by atoms with Gasteiger partial charge in [0.1, 0.15) is 0 Å². The third-order valence-electron chi connectivity index (χ3n) is 4.04. The van der Waals surface area contributed by atoms with Crippen molar-refractivity contribution in [2.75, 3.05) is 0 Å². The molecule has 2 nitrogen and oxygen atoms in total. The van der Waals surface area contributed by atoms with E-state index in [1.807, 2.05) is 18.2 Å². The van der Waals surface area contributed by atoms with Crippen LogP contribution in [0.2, 0.25) is 0 Å². The van der Waals surface area contributed by atoms with Crippen LogP contribution in [0.3, 0.4) is 0 Å². The molecular weight excluding hydrogens is 222 g/mol. The Morgan fingerprint density at radius 3 is 2.39 bits per heavy atom. The van der Waals surface area contributed by atoms with E-state index >= 15 is 0 Å². The molecule has 0 saturated heterocycles. The van der Waals surface area contributed by atoms with Gasteiger partial charge in [-0.25, -0.2) is 0 Å². The summed E-state index contributed by atoms with van der Waals surface area (Å²) in [6.07, 6.45) is 4.48. The summed E-state index contributed by atoms with van der Waals surface area (Å²) in [7, 11) is 0. The number of benzene rings is 1. The molecule has 1 saturated carbocycles. The van der Waals surface area contributed by atoms with Crippen LogP contribution in [0.5, 0.6) is 0 Å². The summed E-state index contributed by atoms with van der Waals surface area (Å²) in [6.45, 7) is 4.33. The summed E-state index contributed by atoms with van der Waals surface area (Å²) in [6, 6.07) is 10.3. The molecule has 1 aromatic rings. The van der Waals surface area contributed by atoms with Gasteiger partial charge >= 0.3 is 0 Å². The molecule has 98 valence electrons. The molecule has 18 heavy (non-hydrogen) atoms. The van der Waals surface area contributed by atoms with E-state index in [-0.39, 0.29) is 17.9 Å². The van der Waals surface area contributed by atoms with Crippen molar-refractivity contribution in [2.24, 2.45) is 11.8 Å². The van der Waals surface area contributed by atoms with Gasteiger partial charge in [-0.15, -0.1) is 0 Å². The van der Waals surface area contributed by atoms with Crippen LogP contribution in [-0.2, 0) is 4.79 Å². The highest BCUT2D eigenvalue weighted by atomic mass is 16.1. The lowest BCUT2D eigenvalue weighted by atomic mass is 9.82. The number of rotatable bonds is 3. The van der Waals surface area contributed by atoms with Crippen LogP contribution in [0, 0.1) is 11.8 Å². The maximum Gasteiger partial charge on any atom is 0.223 e. The van der Waals surface area contributed by atoms with Crippen LogP contribution in [0.15, 0.2) is 30.3 Å². The van der Waals surface area contributed by atoms with Gasteiger partial charge in [0.25, 0.3) is 0 Å². The first-order chi connectivity index (χ1) is 8.66. The monoisotopic (exact) mass is 245 g/mol. The zero-order valence-electron chi connectivity index (χ0n) is 11.4. The van der Waals surface area contributed by atoms with E-state index < -0.39 is 0 Å². The minimum atomic E-state index is 0.109.